The Bertz CT molecular complexity index is 946. The molecule has 1 saturated heterocycles. The normalized spacial score (nSPS) is 17.0. The molecular weight excluding hydrogens is 372 g/mol. The third-order valence-corrected chi connectivity index (χ3v) is 6.28. The first kappa shape index (κ1) is 20.6. The number of hydrogen-bond donors (Lipinski definition) is 2. The Morgan fingerprint density at radius 2 is 1.93 bits per heavy atom. The van der Waals surface area contributed by atoms with Gasteiger partial charge >= 0.3 is 0 Å². The maximum atomic E-state index is 12.7. The number of carbonyl (C=O) groups is 1. The van der Waals surface area contributed by atoms with Gasteiger partial charge < -0.3 is 5.32 Å². The van der Waals surface area contributed by atoms with Crippen LogP contribution in [0.5, 0.6) is 0 Å². The maximum Gasteiger partial charge on any atom is 0.220 e. The number of fused-ring (bicyclic) bond motifs is 1. The number of nitrogens with one attached hydrogen (secondary N) is 2. The van der Waals surface area contributed by atoms with Gasteiger partial charge in [-0.1, -0.05) is 49.7 Å². The van der Waals surface area contributed by atoms with Crippen LogP contribution in [0.1, 0.15) is 49.7 Å². The molecule has 2 aromatic carbocycles. The predicted octanol–water partition coefficient (Wildman–Crippen LogP) is 4.27. The fourth-order valence-electron chi connectivity index (χ4n) is 4.49. The van der Waals surface area contributed by atoms with Gasteiger partial charge in [0, 0.05) is 24.4 Å². The monoisotopic (exact) mass is 404 g/mol. The molecule has 2 atom stereocenters. The number of aromatic amines is 1. The topological polar surface area (TPSA) is 61.0 Å². The minimum Gasteiger partial charge on any atom is -0.355 e. The summed E-state index contributed by atoms with van der Waals surface area (Å²) in [7, 11) is 0. The van der Waals surface area contributed by atoms with Gasteiger partial charge in [0.1, 0.15) is 0 Å². The number of hydrogen-bond acceptors (Lipinski definition) is 3. The highest BCUT2D eigenvalue weighted by Crippen LogP contribution is 2.20. The quantitative estimate of drug-likeness (QED) is 0.589. The Morgan fingerprint density at radius 3 is 2.73 bits per heavy atom. The number of H-pyrrole nitrogens is 1. The van der Waals surface area contributed by atoms with Crippen LogP contribution in [-0.2, 0) is 11.2 Å². The number of amides is 1. The van der Waals surface area contributed by atoms with E-state index >= 15 is 0 Å². The Morgan fingerprint density at radius 1 is 1.13 bits per heavy atom. The molecule has 30 heavy (non-hydrogen) atoms. The van der Waals surface area contributed by atoms with E-state index in [-0.39, 0.29) is 11.8 Å². The van der Waals surface area contributed by atoms with Crippen LogP contribution in [-0.4, -0.2) is 46.7 Å². The summed E-state index contributed by atoms with van der Waals surface area (Å²) in [5.74, 6) is 0.363. The Balaban J connectivity index is 1.38. The van der Waals surface area contributed by atoms with Crippen LogP contribution in [0.2, 0.25) is 0 Å². The van der Waals surface area contributed by atoms with Gasteiger partial charge in [-0.3, -0.25) is 14.8 Å². The van der Waals surface area contributed by atoms with Gasteiger partial charge in [-0.25, -0.2) is 0 Å². The first-order valence-corrected chi connectivity index (χ1v) is 11.2. The fourth-order valence-corrected chi connectivity index (χ4v) is 4.49. The number of piperidine rings is 1. The number of benzene rings is 2. The molecule has 0 aliphatic carbocycles. The highest BCUT2D eigenvalue weighted by Gasteiger charge is 2.22. The number of nitrogens with zero attached hydrogens (tertiary/aromatic N) is 2. The average Bonchev–Trinajstić information content (AvgIpc) is 3.25. The number of rotatable bonds is 8. The first-order valence-electron chi connectivity index (χ1n) is 11.2. The van der Waals surface area contributed by atoms with Crippen molar-refractivity contribution in [1.82, 2.24) is 20.4 Å². The second kappa shape index (κ2) is 9.90. The molecule has 4 rings (SSSR count). The van der Waals surface area contributed by atoms with Gasteiger partial charge in [-0.2, -0.15) is 5.10 Å². The average molecular weight is 405 g/mol. The molecule has 5 nitrogen and oxygen atoms in total. The molecule has 5 heteroatoms. The summed E-state index contributed by atoms with van der Waals surface area (Å²) in [5.41, 5.74) is 3.58. The molecule has 0 saturated carbocycles. The molecule has 2 N–H and O–H groups in total. The largest absolute Gasteiger partial charge is 0.355 e. The third kappa shape index (κ3) is 5.28. The van der Waals surface area contributed by atoms with Crippen molar-refractivity contribution in [3.63, 3.8) is 0 Å². The van der Waals surface area contributed by atoms with Crippen LogP contribution in [0.3, 0.4) is 0 Å². The minimum atomic E-state index is 0.138. The van der Waals surface area contributed by atoms with E-state index in [1.54, 1.807) is 0 Å². The lowest BCUT2D eigenvalue weighted by molar-refractivity contribution is -0.121. The molecule has 3 aromatic rings. The van der Waals surface area contributed by atoms with Crippen molar-refractivity contribution in [2.75, 3.05) is 19.6 Å². The van der Waals surface area contributed by atoms with Crippen LogP contribution >= 0.6 is 0 Å². The summed E-state index contributed by atoms with van der Waals surface area (Å²) < 4.78 is 0. The van der Waals surface area contributed by atoms with Crippen molar-refractivity contribution in [2.24, 2.45) is 0 Å². The summed E-state index contributed by atoms with van der Waals surface area (Å²) in [5, 5.41) is 11.5. The number of carbonyl (C=O) groups excluding carboxylic acids is 1. The molecule has 1 aromatic heterocycles. The lowest BCUT2D eigenvalue weighted by Gasteiger charge is -2.35. The predicted molar refractivity (Wildman–Crippen MR) is 121 cm³/mol. The van der Waals surface area contributed by atoms with Crippen molar-refractivity contribution >= 4 is 16.8 Å². The van der Waals surface area contributed by atoms with Crippen LogP contribution in [0.15, 0.2) is 54.7 Å². The van der Waals surface area contributed by atoms with Gasteiger partial charge in [0.05, 0.1) is 11.7 Å². The van der Waals surface area contributed by atoms with Crippen molar-refractivity contribution < 1.29 is 4.79 Å². The van der Waals surface area contributed by atoms with Crippen molar-refractivity contribution in [3.05, 3.63) is 65.9 Å². The standard InChI is InChI=1S/C25H32N4O/c1-19(21-8-4-2-5-9-21)14-25(30)26-18-23(29-12-6-3-7-13-29)16-20-10-11-24-22(15-20)17-27-28-24/h2,4-5,8-11,15,17,19,23H,3,6-7,12-14,16,18H2,1H3,(H,26,30)(H,27,28)/t19-,23-/m0/s1. The van der Waals surface area contributed by atoms with Crippen molar-refractivity contribution in [2.45, 2.75) is 51.0 Å². The highest BCUT2D eigenvalue weighted by molar-refractivity contribution is 5.78. The molecule has 0 radical (unpaired) electrons. The molecule has 0 bridgehead atoms. The van der Waals surface area contributed by atoms with E-state index in [1.165, 1.54) is 30.4 Å². The zero-order valence-electron chi connectivity index (χ0n) is 17.8. The van der Waals surface area contributed by atoms with E-state index in [9.17, 15) is 4.79 Å². The third-order valence-electron chi connectivity index (χ3n) is 6.28. The zero-order valence-corrected chi connectivity index (χ0v) is 17.8. The SMILES string of the molecule is C[C@@H](CC(=O)NC[C@H](Cc1ccc2[nH]ncc2c1)N1CCCCC1)c1ccccc1. The van der Waals surface area contributed by atoms with Gasteiger partial charge in [-0.15, -0.1) is 0 Å². The van der Waals surface area contributed by atoms with Gasteiger partial charge in [0.25, 0.3) is 0 Å². The molecule has 1 amide bonds. The van der Waals surface area contributed by atoms with Crippen molar-refractivity contribution in [3.8, 4) is 0 Å². The van der Waals surface area contributed by atoms with Crippen molar-refractivity contribution in [1.29, 1.82) is 0 Å². The summed E-state index contributed by atoms with van der Waals surface area (Å²) >= 11 is 0. The summed E-state index contributed by atoms with van der Waals surface area (Å²) in [6, 6.07) is 17.1. The molecule has 158 valence electrons. The van der Waals surface area contributed by atoms with E-state index in [4.69, 9.17) is 0 Å². The van der Waals surface area contributed by atoms with Crippen LogP contribution in [0.25, 0.3) is 10.9 Å². The number of likely N-dealkylation sites (tertiary alicyclic amines) is 1. The maximum absolute atomic E-state index is 12.7. The smallest absolute Gasteiger partial charge is 0.220 e. The molecule has 0 unspecified atom stereocenters. The van der Waals surface area contributed by atoms with Gasteiger partial charge in [0.2, 0.25) is 5.91 Å². The fraction of sp³-hybridized carbons (Fsp3) is 0.440. The zero-order chi connectivity index (χ0) is 20.8. The van der Waals surface area contributed by atoms with E-state index in [2.05, 4.69) is 57.7 Å². The van der Waals surface area contributed by atoms with E-state index in [0.29, 0.717) is 19.0 Å². The second-order valence-corrected chi connectivity index (χ2v) is 8.57. The van der Waals surface area contributed by atoms with Gasteiger partial charge in [0.15, 0.2) is 0 Å². The summed E-state index contributed by atoms with van der Waals surface area (Å²) in [6.07, 6.45) is 7.15. The van der Waals surface area contributed by atoms with E-state index < -0.39 is 0 Å². The lowest BCUT2D eigenvalue weighted by Crippen LogP contribution is -2.47. The number of aromatic nitrogens is 2. The molecule has 0 spiro atoms. The van der Waals surface area contributed by atoms with Crippen LogP contribution in [0, 0.1) is 0 Å². The van der Waals surface area contributed by atoms with Gasteiger partial charge in [-0.05, 0) is 61.5 Å². The Labute approximate surface area is 178 Å². The summed E-state index contributed by atoms with van der Waals surface area (Å²) in [4.78, 5) is 15.2. The Kier molecular flexibility index (Phi) is 6.80. The Hall–Kier alpha value is -2.66. The molecule has 2 heterocycles. The lowest BCUT2D eigenvalue weighted by atomic mass is 9.97. The first-order chi connectivity index (χ1) is 14.7. The minimum absolute atomic E-state index is 0.138. The summed E-state index contributed by atoms with van der Waals surface area (Å²) in [6.45, 7) is 5.06. The molecule has 1 fully saturated rings. The molecular formula is C25H32N4O. The van der Waals surface area contributed by atoms with Crippen LogP contribution < -0.4 is 5.32 Å². The van der Waals surface area contributed by atoms with E-state index in [0.717, 1.165) is 30.4 Å². The molecule has 1 aliphatic rings. The highest BCUT2D eigenvalue weighted by atomic mass is 16.1. The van der Waals surface area contributed by atoms with Crippen LogP contribution in [0.4, 0.5) is 0 Å². The molecule has 1 aliphatic heterocycles. The van der Waals surface area contributed by atoms with E-state index in [1.807, 2.05) is 24.4 Å². The second-order valence-electron chi connectivity index (χ2n) is 8.57.